The molecule has 1 N–H and O–H groups in total. The molecule has 0 spiro atoms. The van der Waals surface area contributed by atoms with Crippen LogP contribution in [0.4, 0.5) is 8.78 Å². The standard InChI is InChI=1S/C9H11F2NO3S/c1-5-8(9(13)14)16-7(12-5)2-3-15-4-6(10)11/h6H,2-4H2,1H3,(H,13,14). The van der Waals surface area contributed by atoms with E-state index in [2.05, 4.69) is 9.72 Å². The Labute approximate surface area is 94.9 Å². The number of aryl methyl sites for hydroxylation is 1. The van der Waals surface area contributed by atoms with Gasteiger partial charge in [-0.25, -0.2) is 18.6 Å². The van der Waals surface area contributed by atoms with Gasteiger partial charge in [0.05, 0.1) is 17.3 Å². The number of aromatic carboxylic acids is 1. The van der Waals surface area contributed by atoms with E-state index in [0.29, 0.717) is 17.1 Å². The van der Waals surface area contributed by atoms with Crippen molar-refractivity contribution in [3.05, 3.63) is 15.6 Å². The third kappa shape index (κ3) is 3.82. The minimum Gasteiger partial charge on any atom is -0.477 e. The number of halogens is 2. The highest BCUT2D eigenvalue weighted by Gasteiger charge is 2.13. The van der Waals surface area contributed by atoms with Gasteiger partial charge in [0.1, 0.15) is 11.5 Å². The molecule has 1 aromatic rings. The summed E-state index contributed by atoms with van der Waals surface area (Å²) in [4.78, 5) is 14.9. The van der Waals surface area contributed by atoms with E-state index in [1.807, 2.05) is 0 Å². The summed E-state index contributed by atoms with van der Waals surface area (Å²) in [6.07, 6.45) is -2.13. The van der Waals surface area contributed by atoms with Crippen molar-refractivity contribution in [3.63, 3.8) is 0 Å². The molecule has 0 amide bonds. The van der Waals surface area contributed by atoms with Gasteiger partial charge in [0, 0.05) is 6.42 Å². The molecule has 16 heavy (non-hydrogen) atoms. The van der Waals surface area contributed by atoms with E-state index in [1.165, 1.54) is 0 Å². The number of rotatable bonds is 6. The Morgan fingerprint density at radius 1 is 1.62 bits per heavy atom. The monoisotopic (exact) mass is 251 g/mol. The number of aromatic nitrogens is 1. The first kappa shape index (κ1) is 13.0. The predicted octanol–water partition coefficient (Wildman–Crippen LogP) is 1.97. The number of carbonyl (C=O) groups is 1. The maximum Gasteiger partial charge on any atom is 0.347 e. The molecule has 0 saturated heterocycles. The van der Waals surface area contributed by atoms with Gasteiger partial charge in [0.2, 0.25) is 0 Å². The zero-order valence-corrected chi connectivity index (χ0v) is 9.39. The van der Waals surface area contributed by atoms with Gasteiger partial charge in [0.15, 0.2) is 0 Å². The van der Waals surface area contributed by atoms with Crippen LogP contribution in [0.5, 0.6) is 0 Å². The number of thiazole rings is 1. The smallest absolute Gasteiger partial charge is 0.347 e. The zero-order valence-electron chi connectivity index (χ0n) is 8.57. The van der Waals surface area contributed by atoms with E-state index in [1.54, 1.807) is 6.92 Å². The lowest BCUT2D eigenvalue weighted by atomic mass is 10.4. The molecule has 0 unspecified atom stereocenters. The summed E-state index contributed by atoms with van der Waals surface area (Å²) in [6.45, 7) is 1.12. The van der Waals surface area contributed by atoms with Crippen molar-refractivity contribution in [1.82, 2.24) is 4.98 Å². The van der Waals surface area contributed by atoms with Gasteiger partial charge in [-0.2, -0.15) is 0 Å². The fourth-order valence-corrected chi connectivity index (χ4v) is 1.97. The second-order valence-electron chi connectivity index (χ2n) is 3.04. The highest BCUT2D eigenvalue weighted by atomic mass is 32.1. The van der Waals surface area contributed by atoms with Crippen molar-refractivity contribution >= 4 is 17.3 Å². The molecule has 0 fully saturated rings. The van der Waals surface area contributed by atoms with Gasteiger partial charge in [0.25, 0.3) is 6.43 Å². The van der Waals surface area contributed by atoms with E-state index in [0.717, 1.165) is 11.3 Å². The Kier molecular flexibility index (Phi) is 4.75. The van der Waals surface area contributed by atoms with Crippen LogP contribution in [-0.2, 0) is 11.2 Å². The Balaban J connectivity index is 2.43. The van der Waals surface area contributed by atoms with E-state index >= 15 is 0 Å². The second-order valence-corrected chi connectivity index (χ2v) is 4.13. The van der Waals surface area contributed by atoms with Gasteiger partial charge in [-0.15, -0.1) is 11.3 Å². The fourth-order valence-electron chi connectivity index (χ4n) is 1.09. The molecule has 0 aliphatic carbocycles. The Bertz CT molecular complexity index is 368. The van der Waals surface area contributed by atoms with Crippen LogP contribution in [0, 0.1) is 6.92 Å². The number of nitrogens with zero attached hydrogens (tertiary/aromatic N) is 1. The number of carboxylic acid groups (broad SMARTS) is 1. The first-order chi connectivity index (χ1) is 7.50. The lowest BCUT2D eigenvalue weighted by Gasteiger charge is -2.00. The quantitative estimate of drug-likeness (QED) is 0.785. The first-order valence-electron chi connectivity index (χ1n) is 4.56. The van der Waals surface area contributed by atoms with Crippen molar-refractivity contribution in [1.29, 1.82) is 0 Å². The van der Waals surface area contributed by atoms with Gasteiger partial charge in [-0.05, 0) is 6.92 Å². The largest absolute Gasteiger partial charge is 0.477 e. The molecule has 0 aliphatic heterocycles. The van der Waals surface area contributed by atoms with Crippen molar-refractivity contribution in [2.75, 3.05) is 13.2 Å². The van der Waals surface area contributed by atoms with Crippen LogP contribution < -0.4 is 0 Å². The van der Waals surface area contributed by atoms with Crippen LogP contribution in [0.3, 0.4) is 0 Å². The first-order valence-corrected chi connectivity index (χ1v) is 5.38. The molecule has 0 atom stereocenters. The molecule has 0 saturated carbocycles. The molecule has 1 heterocycles. The highest BCUT2D eigenvalue weighted by Crippen LogP contribution is 2.18. The summed E-state index contributed by atoms with van der Waals surface area (Å²) in [5.41, 5.74) is 0.446. The minimum atomic E-state index is -2.48. The maximum atomic E-state index is 11.7. The number of hydrogen-bond donors (Lipinski definition) is 1. The molecule has 0 aliphatic rings. The van der Waals surface area contributed by atoms with Crippen molar-refractivity contribution in [2.24, 2.45) is 0 Å². The number of carboxylic acids is 1. The number of hydrogen-bond acceptors (Lipinski definition) is 4. The summed E-state index contributed by atoms with van der Waals surface area (Å²) in [5.74, 6) is -1.02. The number of alkyl halides is 2. The van der Waals surface area contributed by atoms with E-state index in [9.17, 15) is 13.6 Å². The van der Waals surface area contributed by atoms with Gasteiger partial charge >= 0.3 is 5.97 Å². The molecule has 1 rings (SSSR count). The molecule has 4 nitrogen and oxygen atoms in total. The van der Waals surface area contributed by atoms with Gasteiger partial charge in [-0.1, -0.05) is 0 Å². The van der Waals surface area contributed by atoms with Crippen LogP contribution in [-0.4, -0.2) is 35.7 Å². The normalized spacial score (nSPS) is 11.0. The molecular formula is C9H11F2NO3S. The van der Waals surface area contributed by atoms with Crippen LogP contribution >= 0.6 is 11.3 Å². The van der Waals surface area contributed by atoms with Crippen LogP contribution in [0.25, 0.3) is 0 Å². The lowest BCUT2D eigenvalue weighted by Crippen LogP contribution is -2.06. The summed E-state index contributed by atoms with van der Waals surface area (Å²) in [5, 5.41) is 9.35. The van der Waals surface area contributed by atoms with E-state index in [4.69, 9.17) is 5.11 Å². The summed E-state index contributed by atoms with van der Waals surface area (Å²) in [7, 11) is 0. The highest BCUT2D eigenvalue weighted by molar-refractivity contribution is 7.13. The molecule has 90 valence electrons. The number of ether oxygens (including phenoxy) is 1. The topological polar surface area (TPSA) is 59.4 Å². The van der Waals surface area contributed by atoms with Crippen molar-refractivity contribution in [3.8, 4) is 0 Å². The molecule has 0 bridgehead atoms. The zero-order chi connectivity index (χ0) is 12.1. The third-order valence-corrected chi connectivity index (χ3v) is 2.94. The second kappa shape index (κ2) is 5.86. The Morgan fingerprint density at radius 3 is 2.81 bits per heavy atom. The summed E-state index contributed by atoms with van der Waals surface area (Å²) in [6, 6.07) is 0. The van der Waals surface area contributed by atoms with Crippen molar-refractivity contribution < 1.29 is 23.4 Å². The Morgan fingerprint density at radius 2 is 2.31 bits per heavy atom. The molecular weight excluding hydrogens is 240 g/mol. The maximum absolute atomic E-state index is 11.7. The van der Waals surface area contributed by atoms with Crippen LogP contribution in [0.15, 0.2) is 0 Å². The molecule has 0 aromatic carbocycles. The summed E-state index contributed by atoms with van der Waals surface area (Å²) >= 11 is 1.05. The van der Waals surface area contributed by atoms with E-state index in [-0.39, 0.29) is 11.5 Å². The average Bonchev–Trinajstić information content (AvgIpc) is 2.54. The molecule has 1 aromatic heterocycles. The van der Waals surface area contributed by atoms with Gasteiger partial charge < -0.3 is 9.84 Å². The summed E-state index contributed by atoms with van der Waals surface area (Å²) < 4.78 is 28.1. The fraction of sp³-hybridized carbons (Fsp3) is 0.556. The predicted molar refractivity (Wildman–Crippen MR) is 54.3 cm³/mol. The van der Waals surface area contributed by atoms with E-state index < -0.39 is 19.0 Å². The van der Waals surface area contributed by atoms with Crippen LogP contribution in [0.1, 0.15) is 20.4 Å². The Hall–Kier alpha value is -1.08. The van der Waals surface area contributed by atoms with Crippen LogP contribution in [0.2, 0.25) is 0 Å². The minimum absolute atomic E-state index is 0.121. The van der Waals surface area contributed by atoms with Crippen molar-refractivity contribution in [2.45, 2.75) is 19.8 Å². The SMILES string of the molecule is Cc1nc(CCOCC(F)F)sc1C(=O)O. The third-order valence-electron chi connectivity index (χ3n) is 1.74. The molecule has 0 radical (unpaired) electrons. The van der Waals surface area contributed by atoms with Gasteiger partial charge in [-0.3, -0.25) is 0 Å². The average molecular weight is 251 g/mol. The lowest BCUT2D eigenvalue weighted by molar-refractivity contribution is 0.0187. The molecule has 7 heteroatoms.